The fourth-order valence-electron chi connectivity index (χ4n) is 2.34. The normalized spacial score (nSPS) is 11.4. The summed E-state index contributed by atoms with van der Waals surface area (Å²) in [5.41, 5.74) is 1.81. The topological polar surface area (TPSA) is 73.9 Å². The minimum absolute atomic E-state index is 0.303. The van der Waals surface area contributed by atoms with Gasteiger partial charge in [-0.15, -0.1) is 0 Å². The summed E-state index contributed by atoms with van der Waals surface area (Å²) in [5.74, 6) is 0.360. The molecule has 0 unspecified atom stereocenters. The molecule has 1 amide bonds. The molecule has 0 aliphatic rings. The lowest BCUT2D eigenvalue weighted by atomic mass is 10.1. The number of ether oxygens (including phenoxy) is 3. The van der Waals surface area contributed by atoms with Gasteiger partial charge >= 0.3 is 5.97 Å². The molecule has 2 aromatic rings. The second-order valence-electron chi connectivity index (χ2n) is 5.65. The van der Waals surface area contributed by atoms with Gasteiger partial charge in [0.2, 0.25) is 0 Å². The maximum absolute atomic E-state index is 12.4. The van der Waals surface area contributed by atoms with Gasteiger partial charge < -0.3 is 19.5 Å². The zero-order valence-electron chi connectivity index (χ0n) is 15.4. The molecular weight excluding hydrogens is 334 g/mol. The van der Waals surface area contributed by atoms with Crippen LogP contribution in [0.1, 0.15) is 29.8 Å². The average molecular weight is 357 g/mol. The molecule has 1 N–H and O–H groups in total. The highest BCUT2D eigenvalue weighted by molar-refractivity contribution is 5.96. The van der Waals surface area contributed by atoms with E-state index in [1.807, 2.05) is 13.0 Å². The molecular formula is C20H23NO5. The fraction of sp³-hybridized carbons (Fsp3) is 0.300. The quantitative estimate of drug-likeness (QED) is 0.767. The van der Waals surface area contributed by atoms with Gasteiger partial charge in [-0.1, -0.05) is 12.1 Å². The zero-order valence-corrected chi connectivity index (χ0v) is 15.4. The maximum atomic E-state index is 12.4. The first-order valence-electron chi connectivity index (χ1n) is 8.34. The Bertz CT molecular complexity index is 788. The van der Waals surface area contributed by atoms with Crippen molar-refractivity contribution in [3.05, 3.63) is 53.6 Å². The van der Waals surface area contributed by atoms with Crippen molar-refractivity contribution in [3.8, 4) is 11.5 Å². The Morgan fingerprint density at radius 1 is 1.12 bits per heavy atom. The number of hydrogen-bond acceptors (Lipinski definition) is 5. The fourth-order valence-corrected chi connectivity index (χ4v) is 2.34. The van der Waals surface area contributed by atoms with Gasteiger partial charge in [-0.25, -0.2) is 4.79 Å². The van der Waals surface area contributed by atoms with E-state index in [4.69, 9.17) is 14.2 Å². The Morgan fingerprint density at radius 3 is 2.42 bits per heavy atom. The Labute approximate surface area is 153 Å². The van der Waals surface area contributed by atoms with Gasteiger partial charge in [0, 0.05) is 5.69 Å². The number of esters is 1. The summed E-state index contributed by atoms with van der Waals surface area (Å²) < 4.78 is 15.9. The molecule has 0 fully saturated rings. The van der Waals surface area contributed by atoms with E-state index < -0.39 is 6.10 Å². The van der Waals surface area contributed by atoms with Gasteiger partial charge in [0.1, 0.15) is 0 Å². The van der Waals surface area contributed by atoms with Gasteiger partial charge in [-0.05, 0) is 56.7 Å². The molecule has 6 nitrogen and oxygen atoms in total. The number of methoxy groups -OCH3 is 1. The lowest BCUT2D eigenvalue weighted by Crippen LogP contribution is -2.30. The van der Waals surface area contributed by atoms with Gasteiger partial charge in [0.05, 0.1) is 19.3 Å². The van der Waals surface area contributed by atoms with E-state index in [1.165, 1.54) is 0 Å². The molecule has 0 aliphatic heterocycles. The summed E-state index contributed by atoms with van der Waals surface area (Å²) in [4.78, 5) is 24.2. The van der Waals surface area contributed by atoms with Crippen LogP contribution in [0.25, 0.3) is 0 Å². The number of amides is 1. The summed E-state index contributed by atoms with van der Waals surface area (Å²) in [6, 6.07) is 12.1. The number of para-hydroxylation sites is 2. The maximum Gasteiger partial charge on any atom is 0.338 e. The average Bonchev–Trinajstić information content (AvgIpc) is 2.63. The monoisotopic (exact) mass is 357 g/mol. The number of rotatable bonds is 7. The molecule has 0 radical (unpaired) electrons. The molecule has 0 bridgehead atoms. The molecule has 0 aliphatic carbocycles. The number of carbonyl (C=O) groups excluding carboxylic acids is 2. The van der Waals surface area contributed by atoms with Crippen LogP contribution < -0.4 is 14.8 Å². The van der Waals surface area contributed by atoms with Gasteiger partial charge in [-0.2, -0.15) is 0 Å². The minimum Gasteiger partial charge on any atom is -0.493 e. The first-order valence-corrected chi connectivity index (χ1v) is 8.34. The number of nitrogens with one attached hydrogen (secondary N) is 1. The van der Waals surface area contributed by atoms with Crippen LogP contribution in [-0.4, -0.2) is 31.7 Å². The number of hydrogen-bond donors (Lipinski definition) is 1. The summed E-state index contributed by atoms with van der Waals surface area (Å²) in [5, 5.41) is 2.81. The van der Waals surface area contributed by atoms with E-state index in [2.05, 4.69) is 5.32 Å². The van der Waals surface area contributed by atoms with E-state index in [-0.39, 0.29) is 11.9 Å². The van der Waals surface area contributed by atoms with Gasteiger partial charge in [-0.3, -0.25) is 4.79 Å². The van der Waals surface area contributed by atoms with Crippen molar-refractivity contribution in [2.24, 2.45) is 0 Å². The number of benzene rings is 2. The van der Waals surface area contributed by atoms with Crippen LogP contribution in [0.3, 0.4) is 0 Å². The van der Waals surface area contributed by atoms with Crippen molar-refractivity contribution < 1.29 is 23.8 Å². The largest absolute Gasteiger partial charge is 0.493 e. The van der Waals surface area contributed by atoms with Crippen molar-refractivity contribution in [1.82, 2.24) is 0 Å². The van der Waals surface area contributed by atoms with Crippen LogP contribution in [0, 0.1) is 6.92 Å². The molecule has 0 saturated carbocycles. The summed E-state index contributed by atoms with van der Waals surface area (Å²) in [6.45, 7) is 5.53. The third-order valence-corrected chi connectivity index (χ3v) is 3.74. The van der Waals surface area contributed by atoms with Crippen molar-refractivity contribution in [2.75, 3.05) is 19.0 Å². The van der Waals surface area contributed by atoms with Crippen molar-refractivity contribution >= 4 is 17.6 Å². The number of anilines is 1. The lowest BCUT2D eigenvalue weighted by molar-refractivity contribution is -0.122. The number of carbonyl (C=O) groups is 2. The predicted octanol–water partition coefficient (Wildman–Crippen LogP) is 3.59. The van der Waals surface area contributed by atoms with E-state index in [0.29, 0.717) is 29.4 Å². The smallest absolute Gasteiger partial charge is 0.338 e. The third-order valence-electron chi connectivity index (χ3n) is 3.74. The van der Waals surface area contributed by atoms with Crippen LogP contribution in [0.2, 0.25) is 0 Å². The molecule has 6 heteroatoms. The Kier molecular flexibility index (Phi) is 6.60. The molecule has 0 saturated heterocycles. The van der Waals surface area contributed by atoms with E-state index in [9.17, 15) is 9.59 Å². The highest BCUT2D eigenvalue weighted by atomic mass is 16.5. The standard InChI is InChI=1S/C20H23NO5/c1-5-25-20(23)15-10-11-16(13(2)12-15)21-19(22)14(3)26-18-9-7-6-8-17(18)24-4/h6-12,14H,5H2,1-4H3,(H,21,22)/t14-/m1/s1. The Hall–Kier alpha value is -3.02. The molecule has 138 valence electrons. The SMILES string of the molecule is CCOC(=O)c1ccc(NC(=O)[C@@H](C)Oc2ccccc2OC)c(C)c1. The van der Waals surface area contributed by atoms with Crippen LogP contribution in [0.4, 0.5) is 5.69 Å². The summed E-state index contributed by atoms with van der Waals surface area (Å²) in [6.07, 6.45) is -0.726. The van der Waals surface area contributed by atoms with Crippen LogP contribution in [0.15, 0.2) is 42.5 Å². The third kappa shape index (κ3) is 4.75. The van der Waals surface area contributed by atoms with Crippen LogP contribution >= 0.6 is 0 Å². The van der Waals surface area contributed by atoms with Gasteiger partial charge in [0.25, 0.3) is 5.91 Å². The minimum atomic E-state index is -0.726. The number of aryl methyl sites for hydroxylation is 1. The Morgan fingerprint density at radius 2 is 1.81 bits per heavy atom. The second-order valence-corrected chi connectivity index (χ2v) is 5.65. The van der Waals surface area contributed by atoms with E-state index >= 15 is 0 Å². The summed E-state index contributed by atoms with van der Waals surface area (Å²) in [7, 11) is 1.54. The predicted molar refractivity (Wildman–Crippen MR) is 98.8 cm³/mol. The van der Waals surface area contributed by atoms with E-state index in [1.54, 1.807) is 57.4 Å². The van der Waals surface area contributed by atoms with Crippen LogP contribution in [-0.2, 0) is 9.53 Å². The van der Waals surface area contributed by atoms with Crippen molar-refractivity contribution in [2.45, 2.75) is 26.9 Å². The lowest BCUT2D eigenvalue weighted by Gasteiger charge is -2.17. The highest BCUT2D eigenvalue weighted by Crippen LogP contribution is 2.27. The molecule has 0 spiro atoms. The van der Waals surface area contributed by atoms with E-state index in [0.717, 1.165) is 5.56 Å². The van der Waals surface area contributed by atoms with Crippen molar-refractivity contribution in [3.63, 3.8) is 0 Å². The first-order chi connectivity index (χ1) is 12.5. The van der Waals surface area contributed by atoms with Crippen LogP contribution in [0.5, 0.6) is 11.5 Å². The summed E-state index contributed by atoms with van der Waals surface area (Å²) >= 11 is 0. The zero-order chi connectivity index (χ0) is 19.1. The molecule has 26 heavy (non-hydrogen) atoms. The molecule has 2 aromatic carbocycles. The molecule has 0 heterocycles. The highest BCUT2D eigenvalue weighted by Gasteiger charge is 2.18. The molecule has 2 rings (SSSR count). The Balaban J connectivity index is 2.05. The second kappa shape index (κ2) is 8.89. The van der Waals surface area contributed by atoms with Crippen molar-refractivity contribution in [1.29, 1.82) is 0 Å². The molecule has 0 aromatic heterocycles. The first kappa shape index (κ1) is 19.3. The molecule has 1 atom stereocenters. The van der Waals surface area contributed by atoms with Gasteiger partial charge in [0.15, 0.2) is 17.6 Å².